The summed E-state index contributed by atoms with van der Waals surface area (Å²) < 4.78 is 0. The van der Waals surface area contributed by atoms with Gasteiger partial charge in [-0.05, 0) is 0 Å². The Balaban J connectivity index is 1.96. The number of Topliss-reactive ketones (excluding diaryl/α,β-unsaturated/α-hetero) is 1. The van der Waals surface area contributed by atoms with Gasteiger partial charge in [-0.3, -0.25) is 20.2 Å². The molecule has 17 heavy (non-hydrogen) atoms. The molecule has 1 unspecified atom stereocenters. The second-order valence-corrected chi connectivity index (χ2v) is 3.76. The Labute approximate surface area is 95.5 Å². The van der Waals surface area contributed by atoms with E-state index >= 15 is 0 Å². The topological polar surface area (TPSA) is 83.8 Å². The van der Waals surface area contributed by atoms with Crippen molar-refractivity contribution in [3.63, 3.8) is 0 Å². The Morgan fingerprint density at radius 3 is 2.88 bits per heavy atom. The van der Waals surface area contributed by atoms with Crippen LogP contribution < -0.4 is 0 Å². The highest BCUT2D eigenvalue weighted by molar-refractivity contribution is 6.78. The summed E-state index contributed by atoms with van der Waals surface area (Å²) >= 11 is 0. The van der Waals surface area contributed by atoms with E-state index in [1.54, 1.807) is 6.07 Å². The molecule has 0 N–H and O–H groups in total. The fourth-order valence-corrected chi connectivity index (χ4v) is 2.04. The summed E-state index contributed by atoms with van der Waals surface area (Å²) in [4.78, 5) is 16.3. The zero-order valence-corrected chi connectivity index (χ0v) is 8.48. The Hall–Kier alpha value is -2.57. The Kier molecular flexibility index (Phi) is 1.39. The summed E-state index contributed by atoms with van der Waals surface area (Å²) in [6.07, 6.45) is -0.619. The van der Waals surface area contributed by atoms with E-state index in [2.05, 4.69) is 26.0 Å². The van der Waals surface area contributed by atoms with Crippen LogP contribution in [0, 0.1) is 0 Å². The quantitative estimate of drug-likeness (QED) is 0.666. The summed E-state index contributed by atoms with van der Waals surface area (Å²) in [6.45, 7) is 0. The zero-order valence-electron chi connectivity index (χ0n) is 8.48. The van der Waals surface area contributed by atoms with Crippen molar-refractivity contribution in [2.75, 3.05) is 0 Å². The van der Waals surface area contributed by atoms with Crippen molar-refractivity contribution >= 4 is 17.2 Å². The third kappa shape index (κ3) is 0.975. The van der Waals surface area contributed by atoms with Crippen LogP contribution in [0.25, 0.3) is 5.43 Å². The fraction of sp³-hybridized carbons (Fsp3) is 0.100. The van der Waals surface area contributed by atoms with Crippen LogP contribution >= 0.6 is 0 Å². The normalized spacial score (nSPS) is 23.6. The van der Waals surface area contributed by atoms with E-state index in [4.69, 9.17) is 0 Å². The molecule has 1 aromatic carbocycles. The van der Waals surface area contributed by atoms with Crippen molar-refractivity contribution in [1.82, 2.24) is 5.12 Å². The second kappa shape index (κ2) is 2.76. The number of ketones is 1. The van der Waals surface area contributed by atoms with E-state index in [1.165, 1.54) is 5.12 Å². The van der Waals surface area contributed by atoms with Gasteiger partial charge in [0.25, 0.3) is 0 Å². The maximum absolute atomic E-state index is 12.1. The maximum atomic E-state index is 12.1. The Bertz CT molecular complexity index is 631. The molecule has 0 fully saturated rings. The summed E-state index contributed by atoms with van der Waals surface area (Å²) in [5, 5.41) is 12.7. The number of carbonyl (C=O) groups is 1. The molecule has 1 aromatic rings. The molecule has 0 spiro atoms. The van der Waals surface area contributed by atoms with Crippen molar-refractivity contribution in [3.05, 3.63) is 40.8 Å². The van der Waals surface area contributed by atoms with Crippen LogP contribution in [0.3, 0.4) is 0 Å². The largest absolute Gasteiger partial charge is 0.335 e. The summed E-state index contributed by atoms with van der Waals surface area (Å²) in [5.41, 5.74) is 6.07. The molecule has 0 saturated heterocycles. The lowest BCUT2D eigenvalue weighted by atomic mass is 10.1. The van der Waals surface area contributed by atoms with Gasteiger partial charge in [0, 0.05) is 11.1 Å². The molecule has 0 amide bonds. The predicted octanol–water partition coefficient (Wildman–Crippen LogP) is 1.30. The number of rotatable bonds is 0. The molecule has 82 valence electrons. The molecule has 0 aromatic heterocycles. The second-order valence-electron chi connectivity index (χ2n) is 3.76. The van der Waals surface area contributed by atoms with Crippen LogP contribution in [0.15, 0.2) is 44.8 Å². The lowest BCUT2D eigenvalue weighted by Gasteiger charge is -2.25. The number of nitrogens with zero attached hydrogens (tertiary/aromatic N) is 6. The molecule has 1 atom stereocenters. The number of fused-ring (bicyclic) bond motifs is 4. The minimum atomic E-state index is -0.619. The summed E-state index contributed by atoms with van der Waals surface area (Å²) in [6, 6.07) is 7.30. The van der Waals surface area contributed by atoms with Crippen molar-refractivity contribution in [2.24, 2.45) is 20.5 Å². The van der Waals surface area contributed by atoms with Crippen molar-refractivity contribution in [1.29, 1.82) is 0 Å². The molecule has 0 radical (unpaired) electrons. The number of aliphatic imine (C=N–C) groups is 1. The Morgan fingerprint density at radius 2 is 2.00 bits per heavy atom. The highest BCUT2D eigenvalue weighted by atomic mass is 16.1. The number of benzene rings is 1. The number of hydrogen-bond donors (Lipinski definition) is 0. The lowest BCUT2D eigenvalue weighted by Crippen LogP contribution is -2.31. The molecule has 7 heteroatoms. The Morgan fingerprint density at radius 1 is 1.18 bits per heavy atom. The minimum absolute atomic E-state index is 0.110. The van der Waals surface area contributed by atoms with E-state index in [9.17, 15) is 4.79 Å². The third-order valence-corrected chi connectivity index (χ3v) is 2.81. The van der Waals surface area contributed by atoms with Gasteiger partial charge in [0.05, 0.1) is 0 Å². The molecule has 1 aliphatic carbocycles. The molecule has 4 rings (SSSR count). The first-order valence-electron chi connectivity index (χ1n) is 5.05. The van der Waals surface area contributed by atoms with Gasteiger partial charge in [-0.2, -0.15) is 5.10 Å². The molecular formula is C10H5N6O-. The van der Waals surface area contributed by atoms with Crippen LogP contribution in [-0.2, 0) is 0 Å². The van der Waals surface area contributed by atoms with Crippen LogP contribution in [-0.4, -0.2) is 28.6 Å². The van der Waals surface area contributed by atoms with E-state index < -0.39 is 6.29 Å². The molecule has 2 aliphatic heterocycles. The van der Waals surface area contributed by atoms with Crippen LogP contribution in [0.1, 0.15) is 15.9 Å². The first kappa shape index (κ1) is 8.57. The van der Waals surface area contributed by atoms with Gasteiger partial charge < -0.3 is 5.43 Å². The number of carbonyl (C=O) groups excluding carboxylic acids is 1. The summed E-state index contributed by atoms with van der Waals surface area (Å²) in [5.74, 6) is -0.110. The van der Waals surface area contributed by atoms with Crippen molar-refractivity contribution in [3.8, 4) is 0 Å². The zero-order chi connectivity index (χ0) is 11.4. The van der Waals surface area contributed by atoms with E-state index in [0.29, 0.717) is 17.0 Å². The molecule has 3 aliphatic rings. The van der Waals surface area contributed by atoms with Gasteiger partial charge in [0.15, 0.2) is 6.29 Å². The van der Waals surface area contributed by atoms with Crippen molar-refractivity contribution < 1.29 is 4.79 Å². The highest BCUT2D eigenvalue weighted by Crippen LogP contribution is 2.29. The highest BCUT2D eigenvalue weighted by Gasteiger charge is 2.36. The van der Waals surface area contributed by atoms with Gasteiger partial charge in [-0.1, -0.05) is 24.3 Å². The molecule has 0 bridgehead atoms. The van der Waals surface area contributed by atoms with Crippen LogP contribution in [0.2, 0.25) is 0 Å². The lowest BCUT2D eigenvalue weighted by molar-refractivity contribution is 0.106. The first-order chi connectivity index (χ1) is 8.34. The number of hydrogen-bond acceptors (Lipinski definition) is 6. The van der Waals surface area contributed by atoms with E-state index in [0.717, 1.165) is 5.56 Å². The van der Waals surface area contributed by atoms with Gasteiger partial charge in [0.2, 0.25) is 5.78 Å². The maximum Gasteiger partial charge on any atom is 0.213 e. The molecular weight excluding hydrogens is 220 g/mol. The molecule has 0 saturated carbocycles. The van der Waals surface area contributed by atoms with Crippen molar-refractivity contribution in [2.45, 2.75) is 6.29 Å². The van der Waals surface area contributed by atoms with E-state index in [1.807, 2.05) is 18.2 Å². The average molecular weight is 225 g/mol. The van der Waals surface area contributed by atoms with Crippen LogP contribution in [0.4, 0.5) is 0 Å². The summed E-state index contributed by atoms with van der Waals surface area (Å²) in [7, 11) is 0. The van der Waals surface area contributed by atoms with Gasteiger partial charge in [-0.15, -0.1) is 0 Å². The minimum Gasteiger partial charge on any atom is -0.335 e. The van der Waals surface area contributed by atoms with E-state index in [-0.39, 0.29) is 5.78 Å². The third-order valence-electron chi connectivity index (χ3n) is 2.81. The fourth-order valence-electron chi connectivity index (χ4n) is 2.04. The van der Waals surface area contributed by atoms with Gasteiger partial charge in [-0.25, -0.2) is 5.12 Å². The molecule has 2 heterocycles. The SMILES string of the molecule is O=C1C2=NC3[N-]N=NN3N=C2c2ccccc21. The first-order valence-corrected chi connectivity index (χ1v) is 5.05. The van der Waals surface area contributed by atoms with Crippen LogP contribution in [0.5, 0.6) is 0 Å². The van der Waals surface area contributed by atoms with Gasteiger partial charge in [0.1, 0.15) is 11.4 Å². The monoisotopic (exact) mass is 225 g/mol. The number of hydrazone groups is 1. The smallest absolute Gasteiger partial charge is 0.213 e. The predicted molar refractivity (Wildman–Crippen MR) is 58.6 cm³/mol. The average Bonchev–Trinajstić information content (AvgIpc) is 2.92. The standard InChI is InChI=1S/C10H5N6O/c17-9-6-4-2-1-3-5(6)7-8(9)11-10-12-14-15-16(10)13-7/h1-4,10H/q-1. The van der Waals surface area contributed by atoms with Gasteiger partial charge >= 0.3 is 0 Å². The molecule has 7 nitrogen and oxygen atoms in total.